The molecular weight excluding hydrogens is 313 g/mol. The maximum Gasteiger partial charge on any atom is 0.411 e. The van der Waals surface area contributed by atoms with Crippen molar-refractivity contribution in [2.45, 2.75) is 20.3 Å². The van der Waals surface area contributed by atoms with E-state index in [1.54, 1.807) is 13.0 Å². The van der Waals surface area contributed by atoms with E-state index in [4.69, 9.17) is 14.2 Å². The largest absolute Gasteiger partial charge is 0.493 e. The lowest BCUT2D eigenvalue weighted by Gasteiger charge is -2.13. The Morgan fingerprint density at radius 1 is 1.08 bits per heavy atom. The number of carbonyl (C=O) groups is 1. The molecule has 0 atom stereocenters. The maximum absolute atomic E-state index is 14.2. The van der Waals surface area contributed by atoms with Crippen molar-refractivity contribution in [1.82, 2.24) is 0 Å². The van der Waals surface area contributed by atoms with Crippen LogP contribution in [0.15, 0.2) is 36.4 Å². The molecule has 0 radical (unpaired) electrons. The van der Waals surface area contributed by atoms with Gasteiger partial charge in [0.05, 0.1) is 13.7 Å². The third-order valence-electron chi connectivity index (χ3n) is 3.31. The molecule has 1 amide bonds. The lowest BCUT2D eigenvalue weighted by Crippen LogP contribution is -2.13. The minimum Gasteiger partial charge on any atom is -0.493 e. The molecule has 0 aliphatic carbocycles. The molecule has 2 aromatic carbocycles. The Hall–Kier alpha value is -2.76. The second-order valence-corrected chi connectivity index (χ2v) is 4.93. The first-order chi connectivity index (χ1) is 11.6. The Kier molecular flexibility index (Phi) is 6.01. The fourth-order valence-electron chi connectivity index (χ4n) is 2.08. The first kappa shape index (κ1) is 17.6. The van der Waals surface area contributed by atoms with Crippen LogP contribution in [0.5, 0.6) is 17.2 Å². The molecular formula is C18H20FNO4. The molecule has 128 valence electrons. The SMILES string of the molecule is CCOC(=O)Nc1ccc(Oc2ccc(CC)cc2OC)c(F)c1. The van der Waals surface area contributed by atoms with E-state index in [1.807, 2.05) is 19.1 Å². The summed E-state index contributed by atoms with van der Waals surface area (Å²) < 4.78 is 29.8. The van der Waals surface area contributed by atoms with Crippen molar-refractivity contribution in [3.63, 3.8) is 0 Å². The minimum atomic E-state index is -0.637. The molecule has 2 rings (SSSR count). The first-order valence-electron chi connectivity index (χ1n) is 7.65. The smallest absolute Gasteiger partial charge is 0.411 e. The number of ether oxygens (including phenoxy) is 3. The van der Waals surface area contributed by atoms with Crippen molar-refractivity contribution in [2.24, 2.45) is 0 Å². The minimum absolute atomic E-state index is 0.0342. The number of aryl methyl sites for hydroxylation is 1. The average molecular weight is 333 g/mol. The van der Waals surface area contributed by atoms with Gasteiger partial charge < -0.3 is 14.2 Å². The average Bonchev–Trinajstić information content (AvgIpc) is 2.57. The van der Waals surface area contributed by atoms with Crippen LogP contribution in [0.2, 0.25) is 0 Å². The second kappa shape index (κ2) is 8.19. The number of benzene rings is 2. The molecule has 0 aliphatic rings. The van der Waals surface area contributed by atoms with E-state index in [0.717, 1.165) is 12.0 Å². The highest BCUT2D eigenvalue weighted by molar-refractivity contribution is 5.84. The van der Waals surface area contributed by atoms with Crippen LogP contribution < -0.4 is 14.8 Å². The molecule has 6 heteroatoms. The van der Waals surface area contributed by atoms with Crippen molar-refractivity contribution < 1.29 is 23.4 Å². The maximum atomic E-state index is 14.2. The molecule has 0 unspecified atom stereocenters. The summed E-state index contributed by atoms with van der Waals surface area (Å²) in [6.45, 7) is 3.96. The number of rotatable bonds is 6. The van der Waals surface area contributed by atoms with Gasteiger partial charge in [-0.2, -0.15) is 0 Å². The van der Waals surface area contributed by atoms with Crippen LogP contribution in [-0.4, -0.2) is 19.8 Å². The Balaban J connectivity index is 2.17. The molecule has 0 spiro atoms. The van der Waals surface area contributed by atoms with Gasteiger partial charge in [0.15, 0.2) is 23.1 Å². The molecule has 2 aromatic rings. The van der Waals surface area contributed by atoms with Gasteiger partial charge >= 0.3 is 6.09 Å². The van der Waals surface area contributed by atoms with Gasteiger partial charge in [-0.05, 0) is 43.2 Å². The number of methoxy groups -OCH3 is 1. The van der Waals surface area contributed by atoms with E-state index >= 15 is 0 Å². The highest BCUT2D eigenvalue weighted by Crippen LogP contribution is 2.34. The summed E-state index contributed by atoms with van der Waals surface area (Å²) in [5, 5.41) is 2.43. The van der Waals surface area contributed by atoms with Crippen molar-refractivity contribution >= 4 is 11.8 Å². The molecule has 0 heterocycles. The summed E-state index contributed by atoms with van der Waals surface area (Å²) in [4.78, 5) is 11.3. The third-order valence-corrected chi connectivity index (χ3v) is 3.31. The number of halogens is 1. The fourth-order valence-corrected chi connectivity index (χ4v) is 2.08. The van der Waals surface area contributed by atoms with Gasteiger partial charge in [-0.3, -0.25) is 5.32 Å². The number of amides is 1. The monoisotopic (exact) mass is 333 g/mol. The molecule has 0 saturated heterocycles. The van der Waals surface area contributed by atoms with Crippen LogP contribution >= 0.6 is 0 Å². The summed E-state index contributed by atoms with van der Waals surface area (Å²) in [6, 6.07) is 9.61. The summed E-state index contributed by atoms with van der Waals surface area (Å²) in [6.07, 6.45) is 0.224. The summed E-state index contributed by atoms with van der Waals surface area (Å²) in [5.41, 5.74) is 1.38. The second-order valence-electron chi connectivity index (χ2n) is 4.93. The predicted octanol–water partition coefficient (Wildman–Crippen LogP) is 4.76. The van der Waals surface area contributed by atoms with Gasteiger partial charge in [-0.15, -0.1) is 0 Å². The number of anilines is 1. The van der Waals surface area contributed by atoms with E-state index in [2.05, 4.69) is 5.32 Å². The number of nitrogens with one attached hydrogen (secondary N) is 1. The van der Waals surface area contributed by atoms with Gasteiger partial charge in [-0.25, -0.2) is 9.18 Å². The number of carbonyl (C=O) groups excluding carboxylic acids is 1. The Morgan fingerprint density at radius 3 is 2.46 bits per heavy atom. The van der Waals surface area contributed by atoms with Crippen LogP contribution in [0.1, 0.15) is 19.4 Å². The molecule has 0 aromatic heterocycles. The normalized spacial score (nSPS) is 10.2. The van der Waals surface area contributed by atoms with Crippen LogP contribution in [0.3, 0.4) is 0 Å². The molecule has 1 N–H and O–H groups in total. The van der Waals surface area contributed by atoms with Crippen molar-refractivity contribution in [1.29, 1.82) is 0 Å². The molecule has 0 bridgehead atoms. The molecule has 0 aliphatic heterocycles. The standard InChI is InChI=1S/C18H20FNO4/c1-4-12-6-8-16(17(10-12)22-3)24-15-9-7-13(11-14(15)19)20-18(21)23-5-2/h6-11H,4-5H2,1-3H3,(H,20,21). The predicted molar refractivity (Wildman–Crippen MR) is 89.5 cm³/mol. The highest BCUT2D eigenvalue weighted by atomic mass is 19.1. The van der Waals surface area contributed by atoms with Crippen LogP contribution in [0, 0.1) is 5.82 Å². The van der Waals surface area contributed by atoms with E-state index < -0.39 is 11.9 Å². The van der Waals surface area contributed by atoms with Crippen LogP contribution in [-0.2, 0) is 11.2 Å². The molecule has 0 fully saturated rings. The first-order valence-corrected chi connectivity index (χ1v) is 7.65. The Morgan fingerprint density at radius 2 is 1.83 bits per heavy atom. The molecule has 5 nitrogen and oxygen atoms in total. The van der Waals surface area contributed by atoms with Gasteiger partial charge in [-0.1, -0.05) is 13.0 Å². The zero-order chi connectivity index (χ0) is 17.5. The van der Waals surface area contributed by atoms with E-state index in [-0.39, 0.29) is 18.0 Å². The van der Waals surface area contributed by atoms with Crippen LogP contribution in [0.4, 0.5) is 14.9 Å². The zero-order valence-corrected chi connectivity index (χ0v) is 13.9. The summed E-state index contributed by atoms with van der Waals surface area (Å²) in [5.74, 6) is 0.375. The Labute approximate surface area is 140 Å². The number of hydrogen-bond acceptors (Lipinski definition) is 4. The van der Waals surface area contributed by atoms with Crippen LogP contribution in [0.25, 0.3) is 0 Å². The molecule has 0 saturated carbocycles. The van der Waals surface area contributed by atoms with Gasteiger partial charge in [0.1, 0.15) is 0 Å². The van der Waals surface area contributed by atoms with Crippen molar-refractivity contribution in [2.75, 3.05) is 19.0 Å². The molecule has 24 heavy (non-hydrogen) atoms. The third kappa shape index (κ3) is 4.38. The van der Waals surface area contributed by atoms with Gasteiger partial charge in [0.25, 0.3) is 0 Å². The van der Waals surface area contributed by atoms with E-state index in [9.17, 15) is 9.18 Å². The zero-order valence-electron chi connectivity index (χ0n) is 13.9. The van der Waals surface area contributed by atoms with Gasteiger partial charge in [0.2, 0.25) is 0 Å². The highest BCUT2D eigenvalue weighted by Gasteiger charge is 2.12. The fraction of sp³-hybridized carbons (Fsp3) is 0.278. The lowest BCUT2D eigenvalue weighted by atomic mass is 10.1. The quantitative estimate of drug-likeness (QED) is 0.828. The van der Waals surface area contributed by atoms with Gasteiger partial charge in [0, 0.05) is 11.8 Å². The summed E-state index contributed by atoms with van der Waals surface area (Å²) >= 11 is 0. The van der Waals surface area contributed by atoms with E-state index in [1.165, 1.54) is 25.3 Å². The number of hydrogen-bond donors (Lipinski definition) is 1. The topological polar surface area (TPSA) is 56.8 Å². The van der Waals surface area contributed by atoms with Crippen molar-refractivity contribution in [3.05, 3.63) is 47.8 Å². The van der Waals surface area contributed by atoms with E-state index in [0.29, 0.717) is 11.5 Å². The van der Waals surface area contributed by atoms with Crippen molar-refractivity contribution in [3.8, 4) is 17.2 Å². The Bertz CT molecular complexity index is 718. The lowest BCUT2D eigenvalue weighted by molar-refractivity contribution is 0.168. The summed E-state index contributed by atoms with van der Waals surface area (Å²) in [7, 11) is 1.53.